The molecule has 1 aliphatic heterocycles. The fraction of sp³-hybridized carbons (Fsp3) is 0.417. The van der Waals surface area contributed by atoms with Crippen LogP contribution in [0.2, 0.25) is 0 Å². The molecule has 0 N–H and O–H groups in total. The first-order valence-electron chi connectivity index (χ1n) is 10.6. The second-order valence-corrected chi connectivity index (χ2v) is 10.4. The number of thiophene rings is 1. The van der Waals surface area contributed by atoms with Crippen LogP contribution in [0.4, 0.5) is 4.39 Å². The monoisotopic (exact) mass is 474 g/mol. The lowest BCUT2D eigenvalue weighted by molar-refractivity contribution is -0.165. The molecule has 0 radical (unpaired) electrons. The van der Waals surface area contributed by atoms with Crippen molar-refractivity contribution in [1.29, 1.82) is 0 Å². The minimum absolute atomic E-state index is 0.165. The number of benzene rings is 1. The molecule has 5 nitrogen and oxygen atoms in total. The quantitative estimate of drug-likeness (QED) is 0.303. The number of thioether (sulfide) groups is 1. The number of ether oxygens (including phenoxy) is 2. The molecule has 1 aliphatic rings. The predicted octanol–water partition coefficient (Wildman–Crippen LogP) is 5.03. The zero-order valence-electron chi connectivity index (χ0n) is 18.3. The molecule has 4 rings (SSSR count). The number of hydrogen-bond acceptors (Lipinski definition) is 7. The first-order valence-corrected chi connectivity index (χ1v) is 12.5. The van der Waals surface area contributed by atoms with Gasteiger partial charge in [-0.15, -0.1) is 23.1 Å². The molecule has 3 aromatic rings. The molecule has 0 amide bonds. The summed E-state index contributed by atoms with van der Waals surface area (Å²) in [6.07, 6.45) is 3.17. The molecule has 0 bridgehead atoms. The first-order chi connectivity index (χ1) is 15.5. The molecular formula is C24H27FN2O3S2. The van der Waals surface area contributed by atoms with Crippen LogP contribution in [0.5, 0.6) is 5.75 Å². The third-order valence-electron chi connectivity index (χ3n) is 6.03. The van der Waals surface area contributed by atoms with Crippen LogP contribution in [0.1, 0.15) is 18.4 Å². The van der Waals surface area contributed by atoms with Crippen molar-refractivity contribution in [2.75, 3.05) is 39.6 Å². The van der Waals surface area contributed by atoms with E-state index in [0.717, 1.165) is 23.2 Å². The number of halogens is 1. The zero-order valence-corrected chi connectivity index (χ0v) is 19.9. The average Bonchev–Trinajstić information content (AvgIpc) is 3.30. The van der Waals surface area contributed by atoms with E-state index in [9.17, 15) is 9.18 Å². The number of carbonyl (C=O) groups excluding carboxylic acids is 1. The van der Waals surface area contributed by atoms with Crippen LogP contribution in [-0.4, -0.2) is 55.5 Å². The SMILES string of the molecule is COC(=O)C1(CCCc2c(F)cnc3ccc(OC)cc23)CN(CCSc2cccs2)C1. The summed E-state index contributed by atoms with van der Waals surface area (Å²) in [5.41, 5.74) is 0.861. The molecule has 0 spiro atoms. The van der Waals surface area contributed by atoms with E-state index in [1.807, 2.05) is 30.0 Å². The second-order valence-electron chi connectivity index (χ2n) is 8.08. The summed E-state index contributed by atoms with van der Waals surface area (Å²) in [6, 6.07) is 9.67. The number of methoxy groups -OCH3 is 2. The van der Waals surface area contributed by atoms with Gasteiger partial charge >= 0.3 is 5.97 Å². The van der Waals surface area contributed by atoms with Crippen LogP contribution >= 0.6 is 23.1 Å². The Morgan fingerprint density at radius 2 is 2.16 bits per heavy atom. The standard InChI is InChI=1S/C24H27FN2O3S2/c1-29-17-7-8-21-19(13-17)18(20(25)14-26-21)5-3-9-24(23(28)30-2)15-27(16-24)10-12-32-22-6-4-11-31-22/h4,6-8,11,13-14H,3,5,9-10,12,15-16H2,1-2H3. The topological polar surface area (TPSA) is 51.7 Å². The number of nitrogens with zero attached hydrogens (tertiary/aromatic N) is 2. The van der Waals surface area contributed by atoms with Crippen LogP contribution in [-0.2, 0) is 16.0 Å². The third kappa shape index (κ3) is 4.92. The Balaban J connectivity index is 1.37. The Bertz CT molecular complexity index is 1070. The van der Waals surface area contributed by atoms with Crippen molar-refractivity contribution in [1.82, 2.24) is 9.88 Å². The highest BCUT2D eigenvalue weighted by Gasteiger charge is 2.49. The number of hydrogen-bond donors (Lipinski definition) is 0. The first kappa shape index (κ1) is 23.0. The van der Waals surface area contributed by atoms with Gasteiger partial charge in [0.15, 0.2) is 0 Å². The van der Waals surface area contributed by atoms with Crippen LogP contribution < -0.4 is 4.74 Å². The molecule has 170 valence electrons. The normalized spacial score (nSPS) is 15.5. The van der Waals surface area contributed by atoms with E-state index in [0.29, 0.717) is 43.7 Å². The molecule has 2 aromatic heterocycles. The van der Waals surface area contributed by atoms with Crippen molar-refractivity contribution in [2.24, 2.45) is 5.41 Å². The molecule has 32 heavy (non-hydrogen) atoms. The molecular weight excluding hydrogens is 447 g/mol. The van der Waals surface area contributed by atoms with Gasteiger partial charge in [0, 0.05) is 30.8 Å². The summed E-state index contributed by atoms with van der Waals surface area (Å²) < 4.78 is 26.3. The van der Waals surface area contributed by atoms with Gasteiger partial charge in [-0.1, -0.05) is 6.07 Å². The van der Waals surface area contributed by atoms with Gasteiger partial charge in [0.25, 0.3) is 0 Å². The molecule has 3 heterocycles. The summed E-state index contributed by atoms with van der Waals surface area (Å²) in [4.78, 5) is 19.1. The number of esters is 1. The predicted molar refractivity (Wildman–Crippen MR) is 127 cm³/mol. The number of aromatic nitrogens is 1. The van der Waals surface area contributed by atoms with Crippen molar-refractivity contribution in [3.63, 3.8) is 0 Å². The smallest absolute Gasteiger partial charge is 0.314 e. The highest BCUT2D eigenvalue weighted by molar-refractivity contribution is 8.01. The van der Waals surface area contributed by atoms with E-state index in [1.54, 1.807) is 18.4 Å². The summed E-state index contributed by atoms with van der Waals surface area (Å²) >= 11 is 3.59. The molecule has 0 aliphatic carbocycles. The zero-order chi connectivity index (χ0) is 22.6. The summed E-state index contributed by atoms with van der Waals surface area (Å²) in [6.45, 7) is 2.32. The molecule has 1 saturated heterocycles. The van der Waals surface area contributed by atoms with E-state index in [4.69, 9.17) is 9.47 Å². The summed E-state index contributed by atoms with van der Waals surface area (Å²) in [7, 11) is 3.04. The maximum atomic E-state index is 14.6. The lowest BCUT2D eigenvalue weighted by Crippen LogP contribution is -2.61. The lowest BCUT2D eigenvalue weighted by atomic mass is 9.75. The number of aryl methyl sites for hydroxylation is 1. The van der Waals surface area contributed by atoms with E-state index >= 15 is 0 Å². The number of pyridine rings is 1. The van der Waals surface area contributed by atoms with Crippen molar-refractivity contribution in [2.45, 2.75) is 23.5 Å². The van der Waals surface area contributed by atoms with Crippen LogP contribution in [0.15, 0.2) is 46.1 Å². The summed E-state index contributed by atoms with van der Waals surface area (Å²) in [5, 5.41) is 2.84. The fourth-order valence-corrected chi connectivity index (χ4v) is 6.24. The number of fused-ring (bicyclic) bond motifs is 1. The van der Waals surface area contributed by atoms with Crippen molar-refractivity contribution >= 4 is 40.0 Å². The van der Waals surface area contributed by atoms with E-state index in [1.165, 1.54) is 17.5 Å². The highest BCUT2D eigenvalue weighted by atomic mass is 32.2. The average molecular weight is 475 g/mol. The van der Waals surface area contributed by atoms with Crippen molar-refractivity contribution in [3.05, 3.63) is 53.3 Å². The van der Waals surface area contributed by atoms with Gasteiger partial charge in [0.2, 0.25) is 0 Å². The van der Waals surface area contributed by atoms with Crippen molar-refractivity contribution in [3.8, 4) is 5.75 Å². The Kier molecular flexibility index (Phi) is 7.33. The van der Waals surface area contributed by atoms with E-state index in [-0.39, 0.29) is 11.8 Å². The minimum atomic E-state index is -0.501. The van der Waals surface area contributed by atoms with Gasteiger partial charge in [-0.05, 0) is 54.5 Å². The van der Waals surface area contributed by atoms with E-state index in [2.05, 4.69) is 27.4 Å². The van der Waals surface area contributed by atoms with Gasteiger partial charge in [0.05, 0.1) is 35.6 Å². The molecule has 0 unspecified atom stereocenters. The van der Waals surface area contributed by atoms with Crippen LogP contribution in [0.25, 0.3) is 10.9 Å². The van der Waals surface area contributed by atoms with E-state index < -0.39 is 5.41 Å². The van der Waals surface area contributed by atoms with Gasteiger partial charge < -0.3 is 14.4 Å². The minimum Gasteiger partial charge on any atom is -0.497 e. The molecule has 1 fully saturated rings. The third-order valence-corrected chi connectivity index (χ3v) is 8.15. The lowest BCUT2D eigenvalue weighted by Gasteiger charge is -2.48. The van der Waals surface area contributed by atoms with Gasteiger partial charge in [-0.2, -0.15) is 0 Å². The molecule has 0 atom stereocenters. The molecule has 1 aromatic carbocycles. The highest BCUT2D eigenvalue weighted by Crippen LogP contribution is 2.38. The summed E-state index contributed by atoms with van der Waals surface area (Å²) in [5.74, 6) is 1.18. The molecule has 8 heteroatoms. The Hall–Kier alpha value is -2.16. The fourth-order valence-electron chi connectivity index (χ4n) is 4.38. The Labute approximate surface area is 195 Å². The second kappa shape index (κ2) is 10.2. The Morgan fingerprint density at radius 1 is 1.31 bits per heavy atom. The maximum absolute atomic E-state index is 14.6. The van der Waals surface area contributed by atoms with Gasteiger partial charge in [-0.25, -0.2) is 4.39 Å². The largest absolute Gasteiger partial charge is 0.497 e. The van der Waals surface area contributed by atoms with Crippen LogP contribution in [0.3, 0.4) is 0 Å². The number of likely N-dealkylation sites (tertiary alicyclic amines) is 1. The van der Waals surface area contributed by atoms with Crippen LogP contribution in [0, 0.1) is 11.2 Å². The number of rotatable bonds is 10. The van der Waals surface area contributed by atoms with Gasteiger partial charge in [0.1, 0.15) is 11.6 Å². The van der Waals surface area contributed by atoms with Crippen molar-refractivity contribution < 1.29 is 18.7 Å². The number of carbonyl (C=O) groups is 1. The maximum Gasteiger partial charge on any atom is 0.314 e. The molecule has 0 saturated carbocycles. The Morgan fingerprint density at radius 3 is 2.88 bits per heavy atom. The van der Waals surface area contributed by atoms with Gasteiger partial charge in [-0.3, -0.25) is 9.78 Å².